The van der Waals surface area contributed by atoms with Gasteiger partial charge in [-0.3, -0.25) is 10.1 Å². The molecule has 0 radical (unpaired) electrons. The second kappa shape index (κ2) is 4.92. The lowest BCUT2D eigenvalue weighted by Gasteiger charge is -2.33. The summed E-state index contributed by atoms with van der Waals surface area (Å²) in [6.45, 7) is 2.93. The minimum Gasteiger partial charge on any atom is -0.320 e. The number of rotatable bonds is 2. The van der Waals surface area contributed by atoms with Crippen LogP contribution in [0.1, 0.15) is 24.8 Å². The van der Waals surface area contributed by atoms with Gasteiger partial charge in [-0.05, 0) is 30.0 Å². The van der Waals surface area contributed by atoms with Crippen LogP contribution in [0, 0.1) is 10.1 Å². The quantitative estimate of drug-likeness (QED) is 0.617. The van der Waals surface area contributed by atoms with E-state index in [1.807, 2.05) is 23.1 Å². The number of nitro groups is 1. The summed E-state index contributed by atoms with van der Waals surface area (Å²) < 4.78 is 0. The van der Waals surface area contributed by atoms with E-state index in [0.717, 1.165) is 18.7 Å². The number of pyridine rings is 1. The Morgan fingerprint density at radius 2 is 2.10 bits per heavy atom. The third-order valence-electron chi connectivity index (χ3n) is 3.76. The summed E-state index contributed by atoms with van der Waals surface area (Å²) in [6.07, 6.45) is 2.56. The first-order valence-corrected chi connectivity index (χ1v) is 6.64. The molecule has 0 aliphatic carbocycles. The van der Waals surface area contributed by atoms with Gasteiger partial charge >= 0.3 is 5.69 Å². The molecule has 0 saturated heterocycles. The molecule has 2 aromatic rings. The molecule has 102 valence electrons. The van der Waals surface area contributed by atoms with E-state index in [0.29, 0.717) is 11.7 Å². The fourth-order valence-electron chi connectivity index (χ4n) is 2.71. The van der Waals surface area contributed by atoms with Crippen LogP contribution in [0.4, 0.5) is 17.2 Å². The minimum absolute atomic E-state index is 0.0526. The molecule has 0 bridgehead atoms. The van der Waals surface area contributed by atoms with Gasteiger partial charge in [0.2, 0.25) is 5.82 Å². The zero-order valence-electron chi connectivity index (χ0n) is 11.2. The van der Waals surface area contributed by atoms with Crippen LogP contribution in [0.5, 0.6) is 0 Å². The molecule has 0 fully saturated rings. The first-order valence-electron chi connectivity index (χ1n) is 6.64. The standard InChI is InChI=1S/C15H15N3O2/c1-11-8-10-17(13-6-3-2-5-12(11)13)15-14(18(19)20)7-4-9-16-15/h2-7,9,11H,8,10H2,1H3. The summed E-state index contributed by atoms with van der Waals surface area (Å²) in [7, 11) is 0. The lowest BCUT2D eigenvalue weighted by Crippen LogP contribution is -2.27. The molecule has 0 N–H and O–H groups in total. The van der Waals surface area contributed by atoms with E-state index < -0.39 is 0 Å². The molecule has 1 aliphatic rings. The van der Waals surface area contributed by atoms with Gasteiger partial charge in [-0.25, -0.2) is 4.98 Å². The molecule has 1 atom stereocenters. The van der Waals surface area contributed by atoms with E-state index in [1.165, 1.54) is 11.6 Å². The number of para-hydroxylation sites is 1. The maximum atomic E-state index is 11.2. The highest BCUT2D eigenvalue weighted by atomic mass is 16.6. The Morgan fingerprint density at radius 1 is 1.30 bits per heavy atom. The fraction of sp³-hybridized carbons (Fsp3) is 0.267. The van der Waals surface area contributed by atoms with Gasteiger partial charge in [0.1, 0.15) is 0 Å². The lowest BCUT2D eigenvalue weighted by atomic mass is 9.91. The van der Waals surface area contributed by atoms with Gasteiger partial charge in [-0.1, -0.05) is 25.1 Å². The molecule has 5 heteroatoms. The number of fused-ring (bicyclic) bond motifs is 1. The molecule has 20 heavy (non-hydrogen) atoms. The number of aromatic nitrogens is 1. The maximum Gasteiger partial charge on any atom is 0.311 e. The normalized spacial score (nSPS) is 17.6. The predicted octanol–water partition coefficient (Wildman–Crippen LogP) is 3.64. The number of hydrogen-bond acceptors (Lipinski definition) is 4. The third-order valence-corrected chi connectivity index (χ3v) is 3.76. The van der Waals surface area contributed by atoms with Crippen LogP contribution in [-0.4, -0.2) is 16.5 Å². The van der Waals surface area contributed by atoms with Gasteiger partial charge in [0.05, 0.1) is 4.92 Å². The van der Waals surface area contributed by atoms with E-state index in [4.69, 9.17) is 0 Å². The van der Waals surface area contributed by atoms with Crippen molar-refractivity contribution in [3.05, 3.63) is 58.3 Å². The van der Waals surface area contributed by atoms with Crippen molar-refractivity contribution in [2.75, 3.05) is 11.4 Å². The van der Waals surface area contributed by atoms with Crippen LogP contribution in [-0.2, 0) is 0 Å². The minimum atomic E-state index is -0.372. The Labute approximate surface area is 117 Å². The van der Waals surface area contributed by atoms with Gasteiger partial charge < -0.3 is 4.90 Å². The van der Waals surface area contributed by atoms with E-state index >= 15 is 0 Å². The summed E-state index contributed by atoms with van der Waals surface area (Å²) in [4.78, 5) is 17.0. The van der Waals surface area contributed by atoms with E-state index in [9.17, 15) is 10.1 Å². The Balaban J connectivity index is 2.13. The second-order valence-electron chi connectivity index (χ2n) is 5.00. The van der Waals surface area contributed by atoms with Crippen LogP contribution in [0.3, 0.4) is 0 Å². The van der Waals surface area contributed by atoms with Crippen LogP contribution in [0.2, 0.25) is 0 Å². The Bertz CT molecular complexity index is 657. The maximum absolute atomic E-state index is 11.2. The summed E-state index contributed by atoms with van der Waals surface area (Å²) >= 11 is 0. The molecule has 3 rings (SSSR count). The topological polar surface area (TPSA) is 59.3 Å². The van der Waals surface area contributed by atoms with Crippen LogP contribution >= 0.6 is 0 Å². The summed E-state index contributed by atoms with van der Waals surface area (Å²) in [6, 6.07) is 11.2. The van der Waals surface area contributed by atoms with Crippen molar-refractivity contribution in [2.24, 2.45) is 0 Å². The lowest BCUT2D eigenvalue weighted by molar-refractivity contribution is -0.384. The highest BCUT2D eigenvalue weighted by Gasteiger charge is 2.28. The Morgan fingerprint density at radius 3 is 2.90 bits per heavy atom. The van der Waals surface area contributed by atoms with Crippen molar-refractivity contribution in [1.29, 1.82) is 0 Å². The number of benzene rings is 1. The highest BCUT2D eigenvalue weighted by Crippen LogP contribution is 2.40. The molecule has 1 aliphatic heterocycles. The molecular weight excluding hydrogens is 254 g/mol. The summed E-state index contributed by atoms with van der Waals surface area (Å²) in [5.74, 6) is 0.891. The molecule has 1 unspecified atom stereocenters. The van der Waals surface area contributed by atoms with Crippen molar-refractivity contribution in [1.82, 2.24) is 4.98 Å². The van der Waals surface area contributed by atoms with Gasteiger partial charge in [0, 0.05) is 24.5 Å². The fourth-order valence-corrected chi connectivity index (χ4v) is 2.71. The number of nitrogens with zero attached hydrogens (tertiary/aromatic N) is 3. The third kappa shape index (κ3) is 2.01. The smallest absolute Gasteiger partial charge is 0.311 e. The van der Waals surface area contributed by atoms with E-state index in [-0.39, 0.29) is 10.6 Å². The van der Waals surface area contributed by atoms with Gasteiger partial charge in [-0.15, -0.1) is 0 Å². The van der Waals surface area contributed by atoms with Crippen LogP contribution in [0.15, 0.2) is 42.6 Å². The van der Waals surface area contributed by atoms with Crippen molar-refractivity contribution in [3.63, 3.8) is 0 Å². The number of anilines is 2. The molecule has 0 amide bonds. The Kier molecular flexibility index (Phi) is 3.10. The van der Waals surface area contributed by atoms with Crippen molar-refractivity contribution >= 4 is 17.2 Å². The molecule has 1 aromatic carbocycles. The summed E-state index contributed by atoms with van der Waals surface area (Å²) in [5, 5.41) is 11.2. The van der Waals surface area contributed by atoms with Gasteiger partial charge in [0.25, 0.3) is 0 Å². The van der Waals surface area contributed by atoms with Gasteiger partial charge in [-0.2, -0.15) is 0 Å². The number of hydrogen-bond donors (Lipinski definition) is 0. The molecule has 2 heterocycles. The monoisotopic (exact) mass is 269 g/mol. The zero-order chi connectivity index (χ0) is 14.1. The van der Waals surface area contributed by atoms with Gasteiger partial charge in [0.15, 0.2) is 0 Å². The largest absolute Gasteiger partial charge is 0.320 e. The molecular formula is C15H15N3O2. The first kappa shape index (κ1) is 12.6. The second-order valence-corrected chi connectivity index (χ2v) is 5.00. The molecule has 0 spiro atoms. The van der Waals surface area contributed by atoms with Crippen LogP contribution in [0.25, 0.3) is 0 Å². The van der Waals surface area contributed by atoms with E-state index in [2.05, 4.69) is 18.0 Å². The zero-order valence-corrected chi connectivity index (χ0v) is 11.2. The predicted molar refractivity (Wildman–Crippen MR) is 77.4 cm³/mol. The van der Waals surface area contributed by atoms with Crippen molar-refractivity contribution in [3.8, 4) is 0 Å². The van der Waals surface area contributed by atoms with Crippen LogP contribution < -0.4 is 4.90 Å². The molecule has 1 aromatic heterocycles. The molecule has 5 nitrogen and oxygen atoms in total. The average molecular weight is 269 g/mol. The SMILES string of the molecule is CC1CCN(c2ncccc2[N+](=O)[O-])c2ccccc21. The highest BCUT2D eigenvalue weighted by molar-refractivity contribution is 5.72. The van der Waals surface area contributed by atoms with Crippen molar-refractivity contribution < 1.29 is 4.92 Å². The first-order chi connectivity index (χ1) is 9.68. The van der Waals surface area contributed by atoms with E-state index in [1.54, 1.807) is 12.3 Å². The summed E-state index contributed by atoms with van der Waals surface area (Å²) in [5.41, 5.74) is 2.30. The Hall–Kier alpha value is -2.43. The molecule has 0 saturated carbocycles. The average Bonchev–Trinajstić information content (AvgIpc) is 2.48. The van der Waals surface area contributed by atoms with Crippen molar-refractivity contribution in [2.45, 2.75) is 19.3 Å².